The molecule has 1 heterocycles. The van der Waals surface area contributed by atoms with Crippen LogP contribution in [0.2, 0.25) is 0 Å². The number of hydrogen-bond acceptors (Lipinski definition) is 4. The molecule has 1 fully saturated rings. The van der Waals surface area contributed by atoms with E-state index in [1.807, 2.05) is 32.3 Å². The van der Waals surface area contributed by atoms with Gasteiger partial charge in [-0.2, -0.15) is 5.26 Å². The highest BCUT2D eigenvalue weighted by Gasteiger charge is 2.30. The van der Waals surface area contributed by atoms with E-state index in [1.54, 1.807) is 0 Å². The molecule has 0 spiro atoms. The second-order valence-corrected chi connectivity index (χ2v) is 6.40. The van der Waals surface area contributed by atoms with Crippen LogP contribution in [0.1, 0.15) is 30.4 Å². The van der Waals surface area contributed by atoms with Gasteiger partial charge in [0.15, 0.2) is 0 Å². The Balaban J connectivity index is 1.95. The van der Waals surface area contributed by atoms with Crippen molar-refractivity contribution in [1.82, 2.24) is 9.80 Å². The molecule has 1 aliphatic heterocycles. The van der Waals surface area contributed by atoms with Crippen LogP contribution >= 0.6 is 0 Å². The maximum absolute atomic E-state index is 10.7. The van der Waals surface area contributed by atoms with Gasteiger partial charge in [0.05, 0.1) is 17.2 Å². The highest BCUT2D eigenvalue weighted by Crippen LogP contribution is 2.24. The first-order valence-corrected chi connectivity index (χ1v) is 7.59. The van der Waals surface area contributed by atoms with Gasteiger partial charge in [-0.25, -0.2) is 0 Å². The summed E-state index contributed by atoms with van der Waals surface area (Å²) in [7, 11) is 4.02. The van der Waals surface area contributed by atoms with E-state index in [1.165, 1.54) is 5.56 Å². The van der Waals surface area contributed by atoms with Crippen molar-refractivity contribution < 1.29 is 5.11 Å². The Morgan fingerprint density at radius 1 is 1.33 bits per heavy atom. The molecule has 1 aromatic rings. The van der Waals surface area contributed by atoms with Crippen molar-refractivity contribution in [1.29, 1.82) is 5.26 Å². The Hall–Kier alpha value is -1.41. The fourth-order valence-corrected chi connectivity index (χ4v) is 3.14. The van der Waals surface area contributed by atoms with Gasteiger partial charge in [-0.1, -0.05) is 12.1 Å². The first-order valence-electron chi connectivity index (χ1n) is 7.59. The molecular weight excluding hydrogens is 262 g/mol. The summed E-state index contributed by atoms with van der Waals surface area (Å²) in [6, 6.07) is 9.98. The predicted molar refractivity (Wildman–Crippen MR) is 83.8 cm³/mol. The number of nitriles is 1. The second kappa shape index (κ2) is 7.04. The Kier molecular flexibility index (Phi) is 5.35. The zero-order valence-electron chi connectivity index (χ0n) is 13.0. The molecule has 0 aromatic heterocycles. The van der Waals surface area contributed by atoms with Gasteiger partial charge in [-0.15, -0.1) is 0 Å². The summed E-state index contributed by atoms with van der Waals surface area (Å²) in [5.74, 6) is 0. The van der Waals surface area contributed by atoms with Gasteiger partial charge in [-0.3, -0.25) is 4.90 Å². The first-order chi connectivity index (χ1) is 10.0. The number of hydrogen-bond donors (Lipinski definition) is 1. The van der Waals surface area contributed by atoms with Gasteiger partial charge in [0.1, 0.15) is 0 Å². The van der Waals surface area contributed by atoms with E-state index in [4.69, 9.17) is 5.26 Å². The number of rotatable bonds is 4. The molecule has 0 amide bonds. The summed E-state index contributed by atoms with van der Waals surface area (Å²) in [5, 5.41) is 19.6. The summed E-state index contributed by atoms with van der Waals surface area (Å²) < 4.78 is 0. The molecule has 1 saturated heterocycles. The van der Waals surface area contributed by atoms with Crippen molar-refractivity contribution in [2.24, 2.45) is 0 Å². The maximum Gasteiger partial charge on any atom is 0.0991 e. The molecule has 0 radical (unpaired) electrons. The third-order valence-electron chi connectivity index (χ3n) is 4.08. The minimum absolute atomic E-state index is 0.563. The first kappa shape index (κ1) is 16.0. The van der Waals surface area contributed by atoms with E-state index < -0.39 is 5.60 Å². The van der Waals surface area contributed by atoms with Gasteiger partial charge in [-0.05, 0) is 57.6 Å². The minimum Gasteiger partial charge on any atom is -0.389 e. The van der Waals surface area contributed by atoms with Crippen molar-refractivity contribution in [3.63, 3.8) is 0 Å². The Morgan fingerprint density at radius 3 is 2.86 bits per heavy atom. The normalized spacial score (nSPS) is 23.8. The minimum atomic E-state index is -0.563. The number of benzene rings is 1. The van der Waals surface area contributed by atoms with Gasteiger partial charge in [0, 0.05) is 19.6 Å². The van der Waals surface area contributed by atoms with Gasteiger partial charge in [0.2, 0.25) is 0 Å². The van der Waals surface area contributed by atoms with Crippen LogP contribution in [0.15, 0.2) is 24.3 Å². The summed E-state index contributed by atoms with van der Waals surface area (Å²) in [6.45, 7) is 3.49. The SMILES string of the molecule is CN(C)C[C@]1(O)CCCN(Cc2cccc(C#N)c2)CC1. The van der Waals surface area contributed by atoms with Crippen molar-refractivity contribution in [2.45, 2.75) is 31.4 Å². The van der Waals surface area contributed by atoms with Gasteiger partial charge >= 0.3 is 0 Å². The largest absolute Gasteiger partial charge is 0.389 e. The molecule has 1 atom stereocenters. The van der Waals surface area contributed by atoms with Crippen molar-refractivity contribution >= 4 is 0 Å². The second-order valence-electron chi connectivity index (χ2n) is 6.40. The molecule has 4 heteroatoms. The highest BCUT2D eigenvalue weighted by molar-refractivity contribution is 5.32. The highest BCUT2D eigenvalue weighted by atomic mass is 16.3. The topological polar surface area (TPSA) is 50.5 Å². The van der Waals surface area contributed by atoms with E-state index in [9.17, 15) is 5.11 Å². The lowest BCUT2D eigenvalue weighted by atomic mass is 9.94. The molecule has 1 aromatic carbocycles. The smallest absolute Gasteiger partial charge is 0.0991 e. The third kappa shape index (κ3) is 4.82. The number of nitrogens with zero attached hydrogens (tertiary/aromatic N) is 3. The van der Waals surface area contributed by atoms with Crippen LogP contribution < -0.4 is 0 Å². The van der Waals surface area contributed by atoms with Crippen molar-refractivity contribution in [3.05, 3.63) is 35.4 Å². The molecule has 21 heavy (non-hydrogen) atoms. The summed E-state index contributed by atoms with van der Waals surface area (Å²) in [6.07, 6.45) is 2.69. The molecule has 1 aliphatic rings. The number of likely N-dealkylation sites (N-methyl/N-ethyl adjacent to an activating group) is 1. The Labute approximate surface area is 127 Å². The van der Waals surface area contributed by atoms with Crippen molar-refractivity contribution in [2.75, 3.05) is 33.7 Å². The lowest BCUT2D eigenvalue weighted by molar-refractivity contribution is 0.00258. The van der Waals surface area contributed by atoms with Crippen LogP contribution in [0.4, 0.5) is 0 Å². The fourth-order valence-electron chi connectivity index (χ4n) is 3.14. The third-order valence-corrected chi connectivity index (χ3v) is 4.08. The van der Waals surface area contributed by atoms with Crippen LogP contribution in [0.25, 0.3) is 0 Å². The maximum atomic E-state index is 10.7. The van der Waals surface area contributed by atoms with E-state index >= 15 is 0 Å². The summed E-state index contributed by atoms with van der Waals surface area (Å²) in [4.78, 5) is 4.44. The summed E-state index contributed by atoms with van der Waals surface area (Å²) >= 11 is 0. The molecule has 1 N–H and O–H groups in total. The average Bonchev–Trinajstić information content (AvgIpc) is 2.60. The Bertz CT molecular complexity index is 509. The van der Waals surface area contributed by atoms with Crippen molar-refractivity contribution in [3.8, 4) is 6.07 Å². The molecule has 0 bridgehead atoms. The zero-order chi connectivity index (χ0) is 15.3. The van der Waals surface area contributed by atoms with E-state index in [2.05, 4.69) is 21.9 Å². The molecule has 2 rings (SSSR count). The predicted octanol–water partition coefficient (Wildman–Crippen LogP) is 1.84. The van der Waals surface area contributed by atoms with Crippen LogP contribution in [-0.2, 0) is 6.54 Å². The lowest BCUT2D eigenvalue weighted by Gasteiger charge is -2.30. The van der Waals surface area contributed by atoms with E-state index in [0.29, 0.717) is 5.56 Å². The van der Waals surface area contributed by atoms with E-state index in [0.717, 1.165) is 45.4 Å². The van der Waals surface area contributed by atoms with Crippen LogP contribution in [0.3, 0.4) is 0 Å². The summed E-state index contributed by atoms with van der Waals surface area (Å²) in [5.41, 5.74) is 1.32. The molecule has 0 aliphatic carbocycles. The van der Waals surface area contributed by atoms with Crippen LogP contribution in [-0.4, -0.2) is 54.2 Å². The monoisotopic (exact) mass is 287 g/mol. The van der Waals surface area contributed by atoms with Crippen LogP contribution in [0, 0.1) is 11.3 Å². The molecule has 0 unspecified atom stereocenters. The molecule has 0 saturated carbocycles. The average molecular weight is 287 g/mol. The van der Waals surface area contributed by atoms with Crippen LogP contribution in [0.5, 0.6) is 0 Å². The molecule has 4 nitrogen and oxygen atoms in total. The number of aliphatic hydroxyl groups is 1. The van der Waals surface area contributed by atoms with E-state index in [-0.39, 0.29) is 0 Å². The quantitative estimate of drug-likeness (QED) is 0.918. The molecular formula is C17H25N3O. The molecule has 114 valence electrons. The van der Waals surface area contributed by atoms with Gasteiger partial charge < -0.3 is 10.0 Å². The van der Waals surface area contributed by atoms with Gasteiger partial charge in [0.25, 0.3) is 0 Å². The Morgan fingerprint density at radius 2 is 2.14 bits per heavy atom. The lowest BCUT2D eigenvalue weighted by Crippen LogP contribution is -2.40. The fraction of sp³-hybridized carbons (Fsp3) is 0.588. The standard InChI is InChI=1S/C17H25N3O/c1-19(2)14-17(21)7-4-9-20(10-8-17)13-16-6-3-5-15(11-16)12-18/h3,5-6,11,21H,4,7-10,13-14H2,1-2H3/t17-/m0/s1. The zero-order valence-corrected chi connectivity index (χ0v) is 13.0. The number of likely N-dealkylation sites (tertiary alicyclic amines) is 1.